The Hall–Kier alpha value is -4.08. The van der Waals surface area contributed by atoms with Crippen molar-refractivity contribution in [2.45, 2.75) is 31.5 Å². The van der Waals surface area contributed by atoms with Gasteiger partial charge in [0.1, 0.15) is 19.1 Å². The second kappa shape index (κ2) is 10.5. The minimum Gasteiger partial charge on any atom is -0.485 e. The normalized spacial score (nSPS) is 14.5. The van der Waals surface area contributed by atoms with Crippen LogP contribution in [0.4, 0.5) is 8.78 Å². The molecule has 1 aliphatic rings. The van der Waals surface area contributed by atoms with Gasteiger partial charge in [0.05, 0.1) is 23.0 Å². The molecule has 4 aromatic rings. The number of nitrogens with zero attached hydrogens (tertiary/aromatic N) is 4. The Morgan fingerprint density at radius 3 is 2.57 bits per heavy atom. The molecule has 1 fully saturated rings. The number of rotatable bonds is 8. The third-order valence-corrected chi connectivity index (χ3v) is 6.81. The first-order valence-electron chi connectivity index (χ1n) is 12.1. The summed E-state index contributed by atoms with van der Waals surface area (Å²) < 4.78 is 34.3. The van der Waals surface area contributed by atoms with Crippen molar-refractivity contribution >= 4 is 28.2 Å². The number of alkyl halides is 2. The second-order valence-electron chi connectivity index (χ2n) is 9.17. The SMILES string of the molecule is O=CN1CCC(n2c(=O)n(Cc3ccc4cccnc4c3)c(=O)c3cc(OC(CF)CF)ccc32)CC1. The lowest BCUT2D eigenvalue weighted by Gasteiger charge is -2.31. The van der Waals surface area contributed by atoms with Crippen LogP contribution < -0.4 is 16.0 Å². The van der Waals surface area contributed by atoms with Crippen LogP contribution in [-0.4, -0.2) is 58.0 Å². The molecule has 3 heterocycles. The van der Waals surface area contributed by atoms with Crippen molar-refractivity contribution in [2.24, 2.45) is 0 Å². The zero-order valence-electron chi connectivity index (χ0n) is 20.1. The molecule has 10 heteroatoms. The van der Waals surface area contributed by atoms with E-state index in [2.05, 4.69) is 4.98 Å². The van der Waals surface area contributed by atoms with E-state index in [-0.39, 0.29) is 23.7 Å². The van der Waals surface area contributed by atoms with Gasteiger partial charge in [-0.05, 0) is 48.7 Å². The van der Waals surface area contributed by atoms with Crippen molar-refractivity contribution < 1.29 is 18.3 Å². The molecule has 5 rings (SSSR count). The Labute approximate surface area is 210 Å². The number of carbonyl (C=O) groups is 1. The fourth-order valence-corrected chi connectivity index (χ4v) is 4.87. The highest BCUT2D eigenvalue weighted by Gasteiger charge is 2.25. The molecule has 0 aliphatic carbocycles. The van der Waals surface area contributed by atoms with E-state index in [9.17, 15) is 23.2 Å². The molecule has 0 radical (unpaired) electrons. The van der Waals surface area contributed by atoms with Crippen molar-refractivity contribution in [3.8, 4) is 5.75 Å². The maximum absolute atomic E-state index is 13.8. The van der Waals surface area contributed by atoms with Crippen LogP contribution >= 0.6 is 0 Å². The average molecular weight is 509 g/mol. The number of halogens is 2. The number of carbonyl (C=O) groups excluding carboxylic acids is 1. The van der Waals surface area contributed by atoms with E-state index in [1.807, 2.05) is 30.3 Å². The Balaban J connectivity index is 1.64. The summed E-state index contributed by atoms with van der Waals surface area (Å²) >= 11 is 0. The minimum absolute atomic E-state index is 0.0238. The van der Waals surface area contributed by atoms with Gasteiger partial charge in [-0.3, -0.25) is 23.7 Å². The molecule has 8 nitrogen and oxygen atoms in total. The molecule has 0 unspecified atom stereocenters. The first-order chi connectivity index (χ1) is 18.0. The van der Waals surface area contributed by atoms with E-state index in [1.165, 1.54) is 16.7 Å². The molecule has 0 saturated carbocycles. The fraction of sp³-hybridized carbons (Fsp3) is 0.333. The quantitative estimate of drug-likeness (QED) is 0.341. The number of hydrogen-bond donors (Lipinski definition) is 0. The number of benzene rings is 2. The average Bonchev–Trinajstić information content (AvgIpc) is 2.94. The number of pyridine rings is 1. The third-order valence-electron chi connectivity index (χ3n) is 6.81. The summed E-state index contributed by atoms with van der Waals surface area (Å²) in [6, 6.07) is 13.6. The van der Waals surface area contributed by atoms with Crippen LogP contribution in [0.25, 0.3) is 21.8 Å². The molecule has 37 heavy (non-hydrogen) atoms. The number of fused-ring (bicyclic) bond motifs is 2. The van der Waals surface area contributed by atoms with Gasteiger partial charge in [-0.25, -0.2) is 13.6 Å². The van der Waals surface area contributed by atoms with Crippen molar-refractivity contribution in [3.05, 3.63) is 81.1 Å². The van der Waals surface area contributed by atoms with E-state index in [0.29, 0.717) is 31.4 Å². The van der Waals surface area contributed by atoms with Crippen LogP contribution in [0.15, 0.2) is 64.3 Å². The minimum atomic E-state index is -1.27. The van der Waals surface area contributed by atoms with E-state index in [4.69, 9.17) is 4.74 Å². The number of ether oxygens (including phenoxy) is 1. The Morgan fingerprint density at radius 2 is 1.84 bits per heavy atom. The Morgan fingerprint density at radius 1 is 1.05 bits per heavy atom. The summed E-state index contributed by atoms with van der Waals surface area (Å²) in [7, 11) is 0. The zero-order valence-corrected chi connectivity index (χ0v) is 20.1. The lowest BCUT2D eigenvalue weighted by atomic mass is 10.0. The van der Waals surface area contributed by atoms with Crippen molar-refractivity contribution in [3.63, 3.8) is 0 Å². The predicted octanol–water partition coefficient (Wildman–Crippen LogP) is 3.24. The largest absolute Gasteiger partial charge is 0.485 e. The predicted molar refractivity (Wildman–Crippen MR) is 136 cm³/mol. The Kier molecular flexibility index (Phi) is 6.98. The number of amides is 1. The highest BCUT2D eigenvalue weighted by Crippen LogP contribution is 2.26. The summed E-state index contributed by atoms with van der Waals surface area (Å²) in [5.74, 6) is 0.146. The highest BCUT2D eigenvalue weighted by atomic mass is 19.1. The molecule has 2 aromatic carbocycles. The lowest BCUT2D eigenvalue weighted by Crippen LogP contribution is -2.44. The monoisotopic (exact) mass is 508 g/mol. The number of piperidine rings is 1. The maximum atomic E-state index is 13.8. The Bertz CT molecular complexity index is 1560. The fourth-order valence-electron chi connectivity index (χ4n) is 4.87. The number of hydrogen-bond acceptors (Lipinski definition) is 5. The van der Waals surface area contributed by atoms with E-state index < -0.39 is 30.7 Å². The maximum Gasteiger partial charge on any atom is 0.332 e. The summed E-state index contributed by atoms with van der Waals surface area (Å²) in [6.45, 7) is -1.01. The van der Waals surface area contributed by atoms with E-state index in [0.717, 1.165) is 22.9 Å². The molecule has 1 amide bonds. The second-order valence-corrected chi connectivity index (χ2v) is 9.17. The molecule has 0 bridgehead atoms. The van der Waals surface area contributed by atoms with Crippen LogP contribution in [-0.2, 0) is 11.3 Å². The molecule has 192 valence electrons. The first kappa shape index (κ1) is 24.6. The van der Waals surface area contributed by atoms with Gasteiger partial charge in [0.15, 0.2) is 6.10 Å². The molecule has 0 N–H and O–H groups in total. The zero-order chi connectivity index (χ0) is 25.9. The van der Waals surface area contributed by atoms with Crippen LogP contribution in [0.3, 0.4) is 0 Å². The first-order valence-corrected chi connectivity index (χ1v) is 12.1. The molecule has 0 atom stereocenters. The molecule has 1 saturated heterocycles. The topological polar surface area (TPSA) is 86.4 Å². The third kappa shape index (κ3) is 4.83. The van der Waals surface area contributed by atoms with Crippen LogP contribution in [0.5, 0.6) is 5.75 Å². The molecular formula is C27H26F2N4O4. The van der Waals surface area contributed by atoms with Gasteiger partial charge in [-0.1, -0.05) is 18.2 Å². The van der Waals surface area contributed by atoms with Gasteiger partial charge in [-0.15, -0.1) is 0 Å². The van der Waals surface area contributed by atoms with Crippen molar-refractivity contribution in [1.29, 1.82) is 0 Å². The standard InChI is InChI=1S/C27H26F2N4O4/c28-14-22(15-29)37-21-5-6-25-23(13-21)26(35)32(16-18-3-4-19-2-1-9-30-24(19)12-18)27(36)33(25)20-7-10-31(17-34)11-8-20/h1-6,9,12-13,17,20,22H,7-8,10-11,14-16H2. The lowest BCUT2D eigenvalue weighted by molar-refractivity contribution is -0.119. The molecule has 0 spiro atoms. The number of likely N-dealkylation sites (tertiary alicyclic amines) is 1. The van der Waals surface area contributed by atoms with Gasteiger partial charge in [0.2, 0.25) is 6.41 Å². The van der Waals surface area contributed by atoms with Gasteiger partial charge in [-0.2, -0.15) is 0 Å². The van der Waals surface area contributed by atoms with E-state index in [1.54, 1.807) is 21.7 Å². The molecule has 1 aliphatic heterocycles. The van der Waals surface area contributed by atoms with Crippen molar-refractivity contribution in [2.75, 3.05) is 26.4 Å². The van der Waals surface area contributed by atoms with Crippen LogP contribution in [0.1, 0.15) is 24.4 Å². The summed E-state index contributed by atoms with van der Waals surface area (Å²) in [6.07, 6.45) is 2.30. The van der Waals surface area contributed by atoms with Crippen molar-refractivity contribution in [1.82, 2.24) is 19.0 Å². The van der Waals surface area contributed by atoms with Gasteiger partial charge in [0, 0.05) is 30.7 Å². The summed E-state index contributed by atoms with van der Waals surface area (Å²) in [4.78, 5) is 44.6. The summed E-state index contributed by atoms with van der Waals surface area (Å²) in [5, 5.41) is 1.15. The number of aromatic nitrogens is 3. The van der Waals surface area contributed by atoms with Crippen LogP contribution in [0, 0.1) is 0 Å². The molecule has 2 aromatic heterocycles. The molecular weight excluding hydrogens is 482 g/mol. The van der Waals surface area contributed by atoms with Gasteiger partial charge >= 0.3 is 5.69 Å². The smallest absolute Gasteiger partial charge is 0.332 e. The van der Waals surface area contributed by atoms with Gasteiger partial charge < -0.3 is 9.64 Å². The van der Waals surface area contributed by atoms with Crippen LogP contribution in [0.2, 0.25) is 0 Å². The van der Waals surface area contributed by atoms with Gasteiger partial charge in [0.25, 0.3) is 5.56 Å². The highest BCUT2D eigenvalue weighted by molar-refractivity contribution is 5.80. The summed E-state index contributed by atoms with van der Waals surface area (Å²) in [5.41, 5.74) is 0.914. The van der Waals surface area contributed by atoms with E-state index >= 15 is 0 Å².